The molecule has 3 nitrogen and oxygen atoms in total. The number of benzene rings is 1. The number of methoxy groups -OCH3 is 2. The molecule has 0 saturated carbocycles. The van der Waals surface area contributed by atoms with Gasteiger partial charge in [-0.1, -0.05) is 24.3 Å². The molecule has 1 unspecified atom stereocenters. The van der Waals surface area contributed by atoms with Gasteiger partial charge in [-0.15, -0.1) is 0 Å². The standard InChI is InChI=1S/C14H21NO2/c1-16-14(17-2)12-6-3-5-11(9-12)13-7-4-8-15-10-13/h3,5-6,9,13-15H,4,7-8,10H2,1-2H3. The third-order valence-corrected chi connectivity index (χ3v) is 3.38. The molecule has 1 saturated heterocycles. The molecule has 1 fully saturated rings. The Morgan fingerprint density at radius 3 is 2.76 bits per heavy atom. The molecule has 1 aromatic rings. The van der Waals surface area contributed by atoms with Crippen LogP contribution in [0.1, 0.15) is 36.2 Å². The molecular weight excluding hydrogens is 214 g/mol. The molecule has 1 heterocycles. The van der Waals surface area contributed by atoms with E-state index >= 15 is 0 Å². The van der Waals surface area contributed by atoms with Crippen molar-refractivity contribution in [1.82, 2.24) is 5.32 Å². The van der Waals surface area contributed by atoms with Crippen molar-refractivity contribution in [3.05, 3.63) is 35.4 Å². The second kappa shape index (κ2) is 6.15. The third-order valence-electron chi connectivity index (χ3n) is 3.38. The largest absolute Gasteiger partial charge is 0.352 e. The van der Waals surface area contributed by atoms with Crippen LogP contribution in [-0.2, 0) is 9.47 Å². The van der Waals surface area contributed by atoms with Gasteiger partial charge in [0, 0.05) is 26.3 Å². The summed E-state index contributed by atoms with van der Waals surface area (Å²) in [5, 5.41) is 3.45. The second-order valence-corrected chi connectivity index (χ2v) is 4.52. The summed E-state index contributed by atoms with van der Waals surface area (Å²) in [6.07, 6.45) is 2.26. The summed E-state index contributed by atoms with van der Waals surface area (Å²) in [4.78, 5) is 0. The van der Waals surface area contributed by atoms with E-state index in [1.165, 1.54) is 18.4 Å². The lowest BCUT2D eigenvalue weighted by Gasteiger charge is -2.24. The summed E-state index contributed by atoms with van der Waals surface area (Å²) < 4.78 is 10.6. The van der Waals surface area contributed by atoms with E-state index in [0.29, 0.717) is 5.92 Å². The van der Waals surface area contributed by atoms with Crippen LogP contribution in [0.25, 0.3) is 0 Å². The summed E-state index contributed by atoms with van der Waals surface area (Å²) in [7, 11) is 3.34. The Balaban J connectivity index is 2.15. The van der Waals surface area contributed by atoms with E-state index in [1.54, 1.807) is 14.2 Å². The van der Waals surface area contributed by atoms with Crippen LogP contribution in [0.2, 0.25) is 0 Å². The fraction of sp³-hybridized carbons (Fsp3) is 0.571. The van der Waals surface area contributed by atoms with Crippen LogP contribution in [0.3, 0.4) is 0 Å². The highest BCUT2D eigenvalue weighted by Gasteiger charge is 2.17. The van der Waals surface area contributed by atoms with E-state index in [2.05, 4.69) is 29.6 Å². The van der Waals surface area contributed by atoms with Crippen molar-refractivity contribution in [3.8, 4) is 0 Å². The van der Waals surface area contributed by atoms with Gasteiger partial charge in [-0.3, -0.25) is 0 Å². The van der Waals surface area contributed by atoms with Gasteiger partial charge < -0.3 is 14.8 Å². The molecule has 94 valence electrons. The summed E-state index contributed by atoms with van der Waals surface area (Å²) in [6, 6.07) is 8.54. The van der Waals surface area contributed by atoms with Gasteiger partial charge in [-0.05, 0) is 30.9 Å². The Kier molecular flexibility index (Phi) is 4.54. The Labute approximate surface area is 103 Å². The van der Waals surface area contributed by atoms with Crippen LogP contribution in [0, 0.1) is 0 Å². The predicted molar refractivity (Wildman–Crippen MR) is 68.0 cm³/mol. The maximum absolute atomic E-state index is 5.29. The van der Waals surface area contributed by atoms with Crippen molar-refractivity contribution in [2.75, 3.05) is 27.3 Å². The molecule has 0 spiro atoms. The lowest BCUT2D eigenvalue weighted by Crippen LogP contribution is -2.28. The molecule has 0 radical (unpaired) electrons. The normalized spacial score (nSPS) is 20.8. The zero-order valence-corrected chi connectivity index (χ0v) is 10.6. The van der Waals surface area contributed by atoms with Crippen molar-refractivity contribution >= 4 is 0 Å². The van der Waals surface area contributed by atoms with Gasteiger partial charge in [-0.2, -0.15) is 0 Å². The molecule has 17 heavy (non-hydrogen) atoms. The van der Waals surface area contributed by atoms with E-state index in [0.717, 1.165) is 18.7 Å². The zero-order valence-electron chi connectivity index (χ0n) is 10.6. The smallest absolute Gasteiger partial charge is 0.183 e. The summed E-state index contributed by atoms with van der Waals surface area (Å²) in [5.41, 5.74) is 2.48. The van der Waals surface area contributed by atoms with Crippen LogP contribution < -0.4 is 5.32 Å². The van der Waals surface area contributed by atoms with Gasteiger partial charge in [0.1, 0.15) is 0 Å². The SMILES string of the molecule is COC(OC)c1cccc(C2CCCNC2)c1. The summed E-state index contributed by atoms with van der Waals surface area (Å²) >= 11 is 0. The van der Waals surface area contributed by atoms with Gasteiger partial charge in [0.05, 0.1) is 0 Å². The Morgan fingerprint density at radius 1 is 1.29 bits per heavy atom. The van der Waals surface area contributed by atoms with Crippen molar-refractivity contribution < 1.29 is 9.47 Å². The van der Waals surface area contributed by atoms with E-state index in [4.69, 9.17) is 9.47 Å². The first-order valence-corrected chi connectivity index (χ1v) is 6.21. The lowest BCUT2D eigenvalue weighted by atomic mass is 9.90. The first-order valence-electron chi connectivity index (χ1n) is 6.21. The average molecular weight is 235 g/mol. The first kappa shape index (κ1) is 12.6. The summed E-state index contributed by atoms with van der Waals surface area (Å²) in [5.74, 6) is 0.623. The molecule has 2 rings (SSSR count). The molecule has 0 aliphatic carbocycles. The second-order valence-electron chi connectivity index (χ2n) is 4.52. The van der Waals surface area contributed by atoms with Gasteiger partial charge in [0.25, 0.3) is 0 Å². The minimum Gasteiger partial charge on any atom is -0.352 e. The number of nitrogens with one attached hydrogen (secondary N) is 1. The van der Waals surface area contributed by atoms with E-state index in [9.17, 15) is 0 Å². The summed E-state index contributed by atoms with van der Waals surface area (Å²) in [6.45, 7) is 2.23. The van der Waals surface area contributed by atoms with Crippen molar-refractivity contribution in [1.29, 1.82) is 0 Å². The minimum absolute atomic E-state index is 0.258. The van der Waals surface area contributed by atoms with Crippen LogP contribution in [-0.4, -0.2) is 27.3 Å². The molecule has 1 N–H and O–H groups in total. The van der Waals surface area contributed by atoms with Crippen LogP contribution in [0.4, 0.5) is 0 Å². The number of hydrogen-bond acceptors (Lipinski definition) is 3. The zero-order chi connectivity index (χ0) is 12.1. The Bertz CT molecular complexity index is 344. The highest BCUT2D eigenvalue weighted by Crippen LogP contribution is 2.26. The highest BCUT2D eigenvalue weighted by molar-refractivity contribution is 5.28. The van der Waals surface area contributed by atoms with Crippen molar-refractivity contribution in [2.45, 2.75) is 25.0 Å². The van der Waals surface area contributed by atoms with Crippen molar-refractivity contribution in [2.24, 2.45) is 0 Å². The topological polar surface area (TPSA) is 30.5 Å². The fourth-order valence-electron chi connectivity index (χ4n) is 2.46. The van der Waals surface area contributed by atoms with E-state index < -0.39 is 0 Å². The molecule has 0 aromatic heterocycles. The number of ether oxygens (including phenoxy) is 2. The number of hydrogen-bond donors (Lipinski definition) is 1. The molecule has 3 heteroatoms. The molecule has 1 aliphatic rings. The molecule has 1 aromatic carbocycles. The van der Waals surface area contributed by atoms with E-state index in [-0.39, 0.29) is 6.29 Å². The van der Waals surface area contributed by atoms with Gasteiger partial charge in [0.15, 0.2) is 6.29 Å². The average Bonchev–Trinajstić information content (AvgIpc) is 2.42. The first-order chi connectivity index (χ1) is 8.35. The maximum atomic E-state index is 5.29. The molecule has 1 aliphatic heterocycles. The Morgan fingerprint density at radius 2 is 2.12 bits per heavy atom. The van der Waals surface area contributed by atoms with Gasteiger partial charge >= 0.3 is 0 Å². The Hall–Kier alpha value is -0.900. The van der Waals surface area contributed by atoms with Crippen LogP contribution in [0.15, 0.2) is 24.3 Å². The molecule has 0 amide bonds. The number of rotatable bonds is 4. The van der Waals surface area contributed by atoms with Gasteiger partial charge in [-0.25, -0.2) is 0 Å². The predicted octanol–water partition coefficient (Wildman–Crippen LogP) is 2.45. The number of piperidine rings is 1. The molecule has 1 atom stereocenters. The van der Waals surface area contributed by atoms with E-state index in [1.807, 2.05) is 0 Å². The van der Waals surface area contributed by atoms with Gasteiger partial charge in [0.2, 0.25) is 0 Å². The third kappa shape index (κ3) is 3.06. The van der Waals surface area contributed by atoms with Crippen molar-refractivity contribution in [3.63, 3.8) is 0 Å². The molecule has 0 bridgehead atoms. The fourth-order valence-corrected chi connectivity index (χ4v) is 2.46. The quantitative estimate of drug-likeness (QED) is 0.813. The highest BCUT2D eigenvalue weighted by atomic mass is 16.7. The lowest BCUT2D eigenvalue weighted by molar-refractivity contribution is -0.106. The van der Waals surface area contributed by atoms with Crippen LogP contribution in [0.5, 0.6) is 0 Å². The van der Waals surface area contributed by atoms with Crippen LogP contribution >= 0.6 is 0 Å². The maximum Gasteiger partial charge on any atom is 0.183 e. The molecular formula is C14H21NO2. The minimum atomic E-state index is -0.258. The monoisotopic (exact) mass is 235 g/mol.